The van der Waals surface area contributed by atoms with Crippen molar-refractivity contribution in [2.24, 2.45) is 0 Å². The molecule has 0 spiro atoms. The van der Waals surface area contributed by atoms with Gasteiger partial charge in [-0.05, 0) is 30.5 Å². The fourth-order valence-electron chi connectivity index (χ4n) is 1.85. The van der Waals surface area contributed by atoms with Gasteiger partial charge in [-0.25, -0.2) is 0 Å². The predicted octanol–water partition coefficient (Wildman–Crippen LogP) is 1.73. The van der Waals surface area contributed by atoms with Crippen LogP contribution in [0.3, 0.4) is 0 Å². The maximum absolute atomic E-state index is 12.3. The summed E-state index contributed by atoms with van der Waals surface area (Å²) in [6, 6.07) is 8.52. The smallest absolute Gasteiger partial charge is 0.291 e. The molecule has 0 bridgehead atoms. The lowest BCUT2D eigenvalue weighted by molar-refractivity contribution is 0.0968. The third kappa shape index (κ3) is 3.35. The van der Waals surface area contributed by atoms with Crippen LogP contribution in [0.1, 0.15) is 15.9 Å². The Morgan fingerprint density at radius 1 is 1.41 bits per heavy atom. The van der Waals surface area contributed by atoms with Crippen LogP contribution in [0.5, 0.6) is 5.75 Å². The lowest BCUT2D eigenvalue weighted by Crippen LogP contribution is -2.20. The predicted molar refractivity (Wildman–Crippen MR) is 82.3 cm³/mol. The highest BCUT2D eigenvalue weighted by atomic mass is 32.2. The number of hydrogen-bond acceptors (Lipinski definition) is 6. The largest absolute Gasteiger partial charge is 0.497 e. The number of carbonyl (C=O) groups excluding carboxylic acids is 1. The fourth-order valence-corrected chi connectivity index (χ4v) is 2.38. The number of thioether (sulfide) groups is 1. The molecule has 0 saturated heterocycles. The zero-order chi connectivity index (χ0) is 16.1. The van der Waals surface area contributed by atoms with Crippen LogP contribution in [-0.4, -0.2) is 28.7 Å². The van der Waals surface area contributed by atoms with Gasteiger partial charge in [-0.1, -0.05) is 11.8 Å². The summed E-state index contributed by atoms with van der Waals surface area (Å²) in [6.45, 7) is 0.00443. The highest BCUT2D eigenvalue weighted by molar-refractivity contribution is 7.98. The lowest BCUT2D eigenvalue weighted by Gasteiger charge is -2.10. The topological polar surface area (TPSA) is 85.0 Å². The van der Waals surface area contributed by atoms with Crippen LogP contribution in [0.4, 0.5) is 0 Å². The van der Waals surface area contributed by atoms with E-state index in [1.165, 1.54) is 22.5 Å². The fraction of sp³-hybridized carbons (Fsp3) is 0.200. The van der Waals surface area contributed by atoms with Gasteiger partial charge >= 0.3 is 0 Å². The summed E-state index contributed by atoms with van der Waals surface area (Å²) in [6.07, 6.45) is 3.12. The first-order chi connectivity index (χ1) is 10.6. The van der Waals surface area contributed by atoms with E-state index in [1.807, 2.05) is 0 Å². The Morgan fingerprint density at radius 3 is 2.64 bits per heavy atom. The zero-order valence-corrected chi connectivity index (χ0v) is 12.9. The molecule has 0 radical (unpaired) electrons. The van der Waals surface area contributed by atoms with Crippen molar-refractivity contribution in [3.8, 4) is 11.8 Å². The molecule has 0 atom stereocenters. The molecule has 0 unspecified atom stereocenters. The van der Waals surface area contributed by atoms with E-state index in [4.69, 9.17) is 10.00 Å². The zero-order valence-electron chi connectivity index (χ0n) is 12.1. The van der Waals surface area contributed by atoms with E-state index >= 15 is 0 Å². The number of aromatic nitrogens is 2. The van der Waals surface area contributed by atoms with Crippen LogP contribution in [0, 0.1) is 11.3 Å². The Balaban J connectivity index is 2.31. The first-order valence-corrected chi connectivity index (χ1v) is 7.54. The normalized spacial score (nSPS) is 10.0. The van der Waals surface area contributed by atoms with Gasteiger partial charge in [0.2, 0.25) is 0 Å². The van der Waals surface area contributed by atoms with Crippen molar-refractivity contribution in [2.75, 3.05) is 13.4 Å². The van der Waals surface area contributed by atoms with Gasteiger partial charge in [0.15, 0.2) is 10.9 Å². The number of ether oxygens (including phenoxy) is 1. The monoisotopic (exact) mass is 315 g/mol. The molecule has 0 aliphatic heterocycles. The summed E-state index contributed by atoms with van der Waals surface area (Å²) in [5.41, 5.74) is -0.148. The Kier molecular flexibility index (Phi) is 4.96. The minimum Gasteiger partial charge on any atom is -0.497 e. The molecule has 1 aromatic heterocycles. The van der Waals surface area contributed by atoms with Gasteiger partial charge in [-0.3, -0.25) is 9.59 Å². The van der Waals surface area contributed by atoms with Gasteiger partial charge in [0.05, 0.1) is 13.7 Å². The van der Waals surface area contributed by atoms with E-state index in [1.54, 1.807) is 43.7 Å². The number of benzene rings is 1. The van der Waals surface area contributed by atoms with Crippen molar-refractivity contribution in [3.63, 3.8) is 0 Å². The number of Topliss-reactive ketones (excluding diaryl/α,β-unsaturated/α-hetero) is 1. The van der Waals surface area contributed by atoms with E-state index in [0.29, 0.717) is 16.5 Å². The maximum atomic E-state index is 12.3. The molecule has 22 heavy (non-hydrogen) atoms. The third-order valence-electron chi connectivity index (χ3n) is 2.99. The van der Waals surface area contributed by atoms with E-state index in [2.05, 4.69) is 4.98 Å². The number of carbonyl (C=O) groups is 1. The lowest BCUT2D eigenvalue weighted by atomic mass is 10.1. The van der Waals surface area contributed by atoms with Crippen molar-refractivity contribution in [1.82, 2.24) is 9.55 Å². The molecule has 2 rings (SSSR count). The van der Waals surface area contributed by atoms with E-state index in [9.17, 15) is 9.59 Å². The first kappa shape index (κ1) is 15.8. The Hall–Kier alpha value is -2.59. The second kappa shape index (κ2) is 6.91. The number of methoxy groups -OCH3 is 1. The van der Waals surface area contributed by atoms with Gasteiger partial charge < -0.3 is 9.30 Å². The molecular formula is C15H13N3O3S. The van der Waals surface area contributed by atoms with Gasteiger partial charge in [-0.2, -0.15) is 10.2 Å². The van der Waals surface area contributed by atoms with E-state index in [0.717, 1.165) is 0 Å². The average molecular weight is 315 g/mol. The Bertz CT molecular complexity index is 791. The first-order valence-electron chi connectivity index (χ1n) is 6.32. The maximum Gasteiger partial charge on any atom is 0.291 e. The molecule has 6 nitrogen and oxygen atoms in total. The molecule has 112 valence electrons. The van der Waals surface area contributed by atoms with Crippen LogP contribution in [0.25, 0.3) is 0 Å². The summed E-state index contributed by atoms with van der Waals surface area (Å²) in [5.74, 6) is 0.519. The second-order valence-corrected chi connectivity index (χ2v) is 5.11. The SMILES string of the molecule is COc1ccc(C(=O)Cn2cc(C#N)c(=O)nc2SC)cc1. The minimum absolute atomic E-state index is 0.00443. The molecule has 7 heteroatoms. The van der Waals surface area contributed by atoms with Crippen LogP contribution in [-0.2, 0) is 6.54 Å². The van der Waals surface area contributed by atoms with Crippen molar-refractivity contribution in [3.05, 3.63) is 51.9 Å². The molecule has 0 aliphatic rings. The average Bonchev–Trinajstić information content (AvgIpc) is 2.55. The van der Waals surface area contributed by atoms with Crippen LogP contribution in [0.2, 0.25) is 0 Å². The number of nitrogens with zero attached hydrogens (tertiary/aromatic N) is 3. The Morgan fingerprint density at radius 2 is 2.09 bits per heavy atom. The van der Waals surface area contributed by atoms with Crippen LogP contribution < -0.4 is 10.3 Å². The third-order valence-corrected chi connectivity index (χ3v) is 3.68. The Labute approximate surface area is 131 Å². The number of hydrogen-bond donors (Lipinski definition) is 0. The van der Waals surface area contributed by atoms with Crippen molar-refractivity contribution < 1.29 is 9.53 Å². The van der Waals surface area contributed by atoms with Crippen molar-refractivity contribution in [2.45, 2.75) is 11.7 Å². The van der Waals surface area contributed by atoms with Gasteiger partial charge in [0, 0.05) is 11.8 Å². The molecule has 0 fully saturated rings. The summed E-state index contributed by atoms with van der Waals surface area (Å²) in [5, 5.41) is 9.30. The van der Waals surface area contributed by atoms with Crippen molar-refractivity contribution in [1.29, 1.82) is 5.26 Å². The highest BCUT2D eigenvalue weighted by Gasteiger charge is 2.12. The molecule has 0 saturated carbocycles. The summed E-state index contributed by atoms with van der Waals surface area (Å²) in [7, 11) is 1.55. The number of ketones is 1. The minimum atomic E-state index is -0.583. The molecular weight excluding hydrogens is 302 g/mol. The molecule has 0 N–H and O–H groups in total. The van der Waals surface area contributed by atoms with E-state index < -0.39 is 5.56 Å². The summed E-state index contributed by atoms with van der Waals surface area (Å²) in [4.78, 5) is 27.7. The molecule has 0 amide bonds. The van der Waals surface area contributed by atoms with Gasteiger partial charge in [0.25, 0.3) is 5.56 Å². The molecule has 0 aliphatic carbocycles. The molecule has 2 aromatic rings. The number of rotatable bonds is 5. The van der Waals surface area contributed by atoms with Crippen LogP contribution in [0.15, 0.2) is 40.4 Å². The molecule has 1 heterocycles. The second-order valence-electron chi connectivity index (χ2n) is 4.34. The number of nitriles is 1. The highest BCUT2D eigenvalue weighted by Crippen LogP contribution is 2.14. The van der Waals surface area contributed by atoms with Crippen LogP contribution >= 0.6 is 11.8 Å². The van der Waals surface area contributed by atoms with E-state index in [-0.39, 0.29) is 17.9 Å². The quantitative estimate of drug-likeness (QED) is 0.474. The van der Waals surface area contributed by atoms with Crippen molar-refractivity contribution >= 4 is 17.5 Å². The standard InChI is InChI=1S/C15H13N3O3S/c1-21-12-5-3-10(4-6-12)13(19)9-18-8-11(7-16)14(20)17-15(18)22-2/h3-6,8H,9H2,1-2H3. The van der Waals surface area contributed by atoms with Gasteiger partial charge in [0.1, 0.15) is 17.4 Å². The molecule has 1 aromatic carbocycles. The summed E-state index contributed by atoms with van der Waals surface area (Å²) >= 11 is 1.24. The van der Waals surface area contributed by atoms with Gasteiger partial charge in [-0.15, -0.1) is 0 Å². The summed E-state index contributed by atoms with van der Waals surface area (Å²) < 4.78 is 6.56.